The zero-order valence-corrected chi connectivity index (χ0v) is 8.90. The first-order valence-electron chi connectivity index (χ1n) is 4.59. The zero-order chi connectivity index (χ0) is 12.0. The first-order chi connectivity index (χ1) is 7.63. The van der Waals surface area contributed by atoms with Gasteiger partial charge in [0.15, 0.2) is 0 Å². The summed E-state index contributed by atoms with van der Waals surface area (Å²) >= 11 is 0. The Morgan fingerprint density at radius 2 is 2.31 bits per heavy atom. The van der Waals surface area contributed by atoms with E-state index in [9.17, 15) is 9.59 Å². The SMILES string of the molecule is C=C(CC(=O)OC)C(=O)Nc1cccnc1. The fourth-order valence-electron chi connectivity index (χ4n) is 0.983. The minimum atomic E-state index is -0.494. The smallest absolute Gasteiger partial charge is 0.310 e. The molecule has 5 nitrogen and oxygen atoms in total. The molecule has 0 fully saturated rings. The van der Waals surface area contributed by atoms with Crippen molar-refractivity contribution in [3.63, 3.8) is 0 Å². The second-order valence-corrected chi connectivity index (χ2v) is 3.05. The average Bonchev–Trinajstić information content (AvgIpc) is 2.30. The van der Waals surface area contributed by atoms with Crippen molar-refractivity contribution in [2.24, 2.45) is 0 Å². The minimum absolute atomic E-state index is 0.122. The maximum atomic E-state index is 11.5. The molecule has 0 aliphatic heterocycles. The number of ether oxygens (including phenoxy) is 1. The fraction of sp³-hybridized carbons (Fsp3) is 0.182. The number of hydrogen-bond donors (Lipinski definition) is 1. The predicted molar refractivity (Wildman–Crippen MR) is 58.6 cm³/mol. The van der Waals surface area contributed by atoms with Crippen LogP contribution < -0.4 is 5.32 Å². The van der Waals surface area contributed by atoms with Crippen LogP contribution in [0.2, 0.25) is 0 Å². The Bertz CT molecular complexity index is 401. The number of rotatable bonds is 4. The summed E-state index contributed by atoms with van der Waals surface area (Å²) in [5, 5.41) is 2.56. The standard InChI is InChI=1S/C11H12N2O3/c1-8(6-10(14)16-2)11(15)13-9-4-3-5-12-7-9/h3-5,7H,1,6H2,2H3,(H,13,15). The molecule has 1 aromatic heterocycles. The molecule has 1 rings (SSSR count). The molecule has 1 aromatic rings. The molecule has 1 N–H and O–H groups in total. The number of pyridine rings is 1. The van der Waals surface area contributed by atoms with Crippen molar-refractivity contribution >= 4 is 17.6 Å². The van der Waals surface area contributed by atoms with Crippen LogP contribution in [0.4, 0.5) is 5.69 Å². The van der Waals surface area contributed by atoms with Gasteiger partial charge in [0.1, 0.15) is 0 Å². The zero-order valence-electron chi connectivity index (χ0n) is 8.90. The van der Waals surface area contributed by atoms with Crippen molar-refractivity contribution < 1.29 is 14.3 Å². The van der Waals surface area contributed by atoms with Crippen LogP contribution in [0, 0.1) is 0 Å². The van der Waals surface area contributed by atoms with Gasteiger partial charge in [0.25, 0.3) is 5.91 Å². The van der Waals surface area contributed by atoms with Gasteiger partial charge in [-0.15, -0.1) is 0 Å². The summed E-state index contributed by atoms with van der Waals surface area (Å²) in [7, 11) is 1.26. The molecule has 1 amide bonds. The highest BCUT2D eigenvalue weighted by atomic mass is 16.5. The summed E-state index contributed by atoms with van der Waals surface area (Å²) in [4.78, 5) is 26.3. The van der Waals surface area contributed by atoms with Crippen LogP contribution in [0.25, 0.3) is 0 Å². The van der Waals surface area contributed by atoms with Gasteiger partial charge in [-0.1, -0.05) is 6.58 Å². The van der Waals surface area contributed by atoms with E-state index in [2.05, 4.69) is 21.6 Å². The summed E-state index contributed by atoms with van der Waals surface area (Å²) in [5.74, 6) is -0.912. The molecule has 0 bridgehead atoms. The lowest BCUT2D eigenvalue weighted by atomic mass is 10.2. The number of carbonyl (C=O) groups excluding carboxylic acids is 2. The normalized spacial score (nSPS) is 9.31. The van der Waals surface area contributed by atoms with Crippen LogP contribution in [-0.2, 0) is 14.3 Å². The maximum absolute atomic E-state index is 11.5. The molecule has 0 radical (unpaired) electrons. The monoisotopic (exact) mass is 220 g/mol. The topological polar surface area (TPSA) is 68.3 Å². The van der Waals surface area contributed by atoms with Crippen LogP contribution in [0.5, 0.6) is 0 Å². The lowest BCUT2D eigenvalue weighted by molar-refractivity contribution is -0.140. The number of amides is 1. The lowest BCUT2D eigenvalue weighted by Gasteiger charge is -2.05. The maximum Gasteiger partial charge on any atom is 0.310 e. The van der Waals surface area contributed by atoms with E-state index in [4.69, 9.17) is 0 Å². The van der Waals surface area contributed by atoms with E-state index in [0.29, 0.717) is 5.69 Å². The van der Waals surface area contributed by atoms with E-state index in [0.717, 1.165) is 0 Å². The number of anilines is 1. The molecule has 0 aliphatic rings. The van der Waals surface area contributed by atoms with Crippen LogP contribution >= 0.6 is 0 Å². The first-order valence-corrected chi connectivity index (χ1v) is 4.59. The molecule has 0 saturated heterocycles. The van der Waals surface area contributed by atoms with E-state index in [-0.39, 0.29) is 12.0 Å². The molecule has 5 heteroatoms. The Labute approximate surface area is 93.1 Å². The molecule has 0 aromatic carbocycles. The summed E-state index contributed by atoms with van der Waals surface area (Å²) in [6, 6.07) is 3.38. The Balaban J connectivity index is 2.53. The Morgan fingerprint density at radius 1 is 1.56 bits per heavy atom. The van der Waals surface area contributed by atoms with Gasteiger partial charge in [0.2, 0.25) is 0 Å². The second-order valence-electron chi connectivity index (χ2n) is 3.05. The van der Waals surface area contributed by atoms with Crippen LogP contribution in [0.3, 0.4) is 0 Å². The van der Waals surface area contributed by atoms with E-state index >= 15 is 0 Å². The largest absolute Gasteiger partial charge is 0.469 e. The highest BCUT2D eigenvalue weighted by Gasteiger charge is 2.11. The molecule has 0 spiro atoms. The van der Waals surface area contributed by atoms with Crippen LogP contribution in [0.1, 0.15) is 6.42 Å². The van der Waals surface area contributed by atoms with Gasteiger partial charge in [0, 0.05) is 11.8 Å². The molecular formula is C11H12N2O3. The number of nitrogens with one attached hydrogen (secondary N) is 1. The molecule has 0 unspecified atom stereocenters. The quantitative estimate of drug-likeness (QED) is 0.610. The van der Waals surface area contributed by atoms with Gasteiger partial charge in [-0.05, 0) is 12.1 Å². The Morgan fingerprint density at radius 3 is 2.88 bits per heavy atom. The molecule has 84 valence electrons. The van der Waals surface area contributed by atoms with Gasteiger partial charge in [-0.2, -0.15) is 0 Å². The van der Waals surface area contributed by atoms with Crippen LogP contribution in [-0.4, -0.2) is 24.0 Å². The van der Waals surface area contributed by atoms with Gasteiger partial charge < -0.3 is 10.1 Å². The number of esters is 1. The second kappa shape index (κ2) is 5.65. The predicted octanol–water partition coefficient (Wildman–Crippen LogP) is 1.14. The number of hydrogen-bond acceptors (Lipinski definition) is 4. The van der Waals surface area contributed by atoms with Gasteiger partial charge >= 0.3 is 5.97 Å². The van der Waals surface area contributed by atoms with Crippen molar-refractivity contribution in [1.29, 1.82) is 0 Å². The molecule has 1 heterocycles. The third-order valence-corrected chi connectivity index (χ3v) is 1.83. The molecule has 16 heavy (non-hydrogen) atoms. The third kappa shape index (κ3) is 3.53. The summed E-state index contributed by atoms with van der Waals surface area (Å²) < 4.78 is 4.43. The number of methoxy groups -OCH3 is 1. The molecule has 0 saturated carbocycles. The fourth-order valence-corrected chi connectivity index (χ4v) is 0.983. The third-order valence-electron chi connectivity index (χ3n) is 1.83. The van der Waals surface area contributed by atoms with Crippen LogP contribution in [0.15, 0.2) is 36.7 Å². The molecule has 0 atom stereocenters. The Hall–Kier alpha value is -2.17. The number of carbonyl (C=O) groups is 2. The van der Waals surface area contributed by atoms with Gasteiger partial charge in [0.05, 0.1) is 25.4 Å². The summed E-state index contributed by atoms with van der Waals surface area (Å²) in [6.07, 6.45) is 2.98. The van der Waals surface area contributed by atoms with Gasteiger partial charge in [-0.3, -0.25) is 14.6 Å². The van der Waals surface area contributed by atoms with Crippen molar-refractivity contribution in [3.05, 3.63) is 36.7 Å². The minimum Gasteiger partial charge on any atom is -0.469 e. The van der Waals surface area contributed by atoms with Gasteiger partial charge in [-0.25, -0.2) is 0 Å². The number of aromatic nitrogens is 1. The Kier molecular flexibility index (Phi) is 4.20. The highest BCUT2D eigenvalue weighted by molar-refractivity contribution is 6.05. The summed E-state index contributed by atoms with van der Waals surface area (Å²) in [5.41, 5.74) is 0.703. The number of nitrogens with zero attached hydrogens (tertiary/aromatic N) is 1. The van der Waals surface area contributed by atoms with Crippen molar-refractivity contribution in [3.8, 4) is 0 Å². The average molecular weight is 220 g/mol. The van der Waals surface area contributed by atoms with Crippen molar-refractivity contribution in [1.82, 2.24) is 4.98 Å². The van der Waals surface area contributed by atoms with Crippen molar-refractivity contribution in [2.75, 3.05) is 12.4 Å². The highest BCUT2D eigenvalue weighted by Crippen LogP contribution is 2.07. The first kappa shape index (κ1) is 11.9. The summed E-state index contributed by atoms with van der Waals surface area (Å²) in [6.45, 7) is 3.51. The van der Waals surface area contributed by atoms with E-state index in [1.165, 1.54) is 13.3 Å². The lowest BCUT2D eigenvalue weighted by Crippen LogP contribution is -2.16. The van der Waals surface area contributed by atoms with E-state index < -0.39 is 11.9 Å². The van der Waals surface area contributed by atoms with Crippen molar-refractivity contribution in [2.45, 2.75) is 6.42 Å². The molecular weight excluding hydrogens is 208 g/mol. The van der Waals surface area contributed by atoms with E-state index in [1.54, 1.807) is 18.3 Å². The molecule has 0 aliphatic carbocycles. The van der Waals surface area contributed by atoms with E-state index in [1.807, 2.05) is 0 Å².